The summed E-state index contributed by atoms with van der Waals surface area (Å²) in [4.78, 5) is 12.3. The van der Waals surface area contributed by atoms with Crippen LogP contribution in [-0.2, 0) is 14.9 Å². The fourth-order valence-electron chi connectivity index (χ4n) is 3.28. The predicted molar refractivity (Wildman–Crippen MR) is 96.2 cm³/mol. The van der Waals surface area contributed by atoms with Crippen molar-refractivity contribution in [2.45, 2.75) is 75.5 Å². The molecule has 1 aliphatic rings. The Labute approximate surface area is 150 Å². The minimum absolute atomic E-state index is 0.0966. The molecule has 0 aliphatic heterocycles. The molecule has 0 bridgehead atoms. The zero-order valence-corrected chi connectivity index (χ0v) is 15.5. The molecule has 2 rings (SSSR count). The van der Waals surface area contributed by atoms with Gasteiger partial charge in [-0.05, 0) is 37.1 Å². The molecule has 0 atom stereocenters. The summed E-state index contributed by atoms with van der Waals surface area (Å²) in [5.41, 5.74) is 0. The molecular weight excluding hydrogens is 340 g/mol. The van der Waals surface area contributed by atoms with Crippen LogP contribution in [-0.4, -0.2) is 18.9 Å². The Bertz CT molecular complexity index is 624. The van der Waals surface area contributed by atoms with Gasteiger partial charge in [-0.2, -0.15) is 8.42 Å². The summed E-state index contributed by atoms with van der Waals surface area (Å²) in [5.74, 6) is -0.0270. The average molecular weight is 368 g/mol. The van der Waals surface area contributed by atoms with Crippen LogP contribution in [0, 0.1) is 5.92 Å². The van der Waals surface area contributed by atoms with Gasteiger partial charge in [0.1, 0.15) is 5.75 Å². The second kappa shape index (κ2) is 9.92. The number of hydrogen-bond donors (Lipinski definition) is 1. The molecule has 1 fully saturated rings. The monoisotopic (exact) mass is 368 g/mol. The highest BCUT2D eigenvalue weighted by Crippen LogP contribution is 2.24. The average Bonchev–Trinajstić information content (AvgIpc) is 2.55. The molecule has 0 unspecified atom stereocenters. The molecule has 6 heteroatoms. The summed E-state index contributed by atoms with van der Waals surface area (Å²) >= 11 is 0. The SMILES string of the molecule is O=C(Oc1ccc(S(=O)(=O)O)cc1)C1CCCCCCCCCCC1. The molecule has 0 amide bonds. The van der Waals surface area contributed by atoms with E-state index in [-0.39, 0.29) is 16.8 Å². The number of ether oxygens (including phenoxy) is 1. The molecular formula is C19H28O5S. The first-order valence-corrected chi connectivity index (χ1v) is 10.7. The first kappa shape index (κ1) is 19.9. The lowest BCUT2D eigenvalue weighted by atomic mass is 9.93. The summed E-state index contributed by atoms with van der Waals surface area (Å²) in [6.07, 6.45) is 12.5. The van der Waals surface area contributed by atoms with Gasteiger partial charge in [-0.3, -0.25) is 9.35 Å². The van der Waals surface area contributed by atoms with E-state index in [1.807, 2.05) is 0 Å². The standard InChI is InChI=1S/C19H28O5S/c20-19(24-17-12-14-18(15-13-17)25(21,22)23)16-10-8-6-4-2-1-3-5-7-9-11-16/h12-16H,1-11H2,(H,21,22,23). The van der Waals surface area contributed by atoms with Crippen molar-refractivity contribution in [3.05, 3.63) is 24.3 Å². The van der Waals surface area contributed by atoms with Crippen LogP contribution in [0.1, 0.15) is 70.6 Å². The first-order valence-electron chi connectivity index (χ1n) is 9.26. The van der Waals surface area contributed by atoms with Crippen LogP contribution in [0.2, 0.25) is 0 Å². The minimum Gasteiger partial charge on any atom is -0.426 e. The van der Waals surface area contributed by atoms with Gasteiger partial charge in [-0.1, -0.05) is 57.8 Å². The molecule has 0 saturated heterocycles. The van der Waals surface area contributed by atoms with Crippen molar-refractivity contribution in [3.63, 3.8) is 0 Å². The van der Waals surface area contributed by atoms with Gasteiger partial charge in [0.2, 0.25) is 0 Å². The van der Waals surface area contributed by atoms with Crippen molar-refractivity contribution in [1.82, 2.24) is 0 Å². The van der Waals surface area contributed by atoms with Crippen molar-refractivity contribution in [2.75, 3.05) is 0 Å². The van der Waals surface area contributed by atoms with Gasteiger partial charge < -0.3 is 4.74 Å². The number of carbonyl (C=O) groups is 1. The smallest absolute Gasteiger partial charge is 0.314 e. The van der Waals surface area contributed by atoms with Crippen LogP contribution >= 0.6 is 0 Å². The van der Waals surface area contributed by atoms with Gasteiger partial charge in [0.05, 0.1) is 10.8 Å². The van der Waals surface area contributed by atoms with E-state index in [0.717, 1.165) is 38.5 Å². The molecule has 0 spiro atoms. The highest BCUT2D eigenvalue weighted by atomic mass is 32.2. The molecule has 1 aromatic rings. The van der Waals surface area contributed by atoms with Gasteiger partial charge in [0, 0.05) is 0 Å². The molecule has 0 heterocycles. The van der Waals surface area contributed by atoms with Gasteiger partial charge in [0.15, 0.2) is 0 Å². The third-order valence-corrected chi connectivity index (χ3v) is 5.65. The zero-order valence-electron chi connectivity index (χ0n) is 14.7. The maximum absolute atomic E-state index is 12.5. The summed E-state index contributed by atoms with van der Waals surface area (Å²) in [6, 6.07) is 5.27. The van der Waals surface area contributed by atoms with E-state index in [1.165, 1.54) is 56.4 Å². The summed E-state index contributed by atoms with van der Waals surface area (Å²) in [7, 11) is -4.23. The largest absolute Gasteiger partial charge is 0.426 e. The van der Waals surface area contributed by atoms with Gasteiger partial charge in [-0.25, -0.2) is 0 Å². The Kier molecular flexibility index (Phi) is 7.90. The third kappa shape index (κ3) is 7.16. The van der Waals surface area contributed by atoms with E-state index in [9.17, 15) is 13.2 Å². The molecule has 1 aliphatic carbocycles. The Hall–Kier alpha value is -1.40. The quantitative estimate of drug-likeness (QED) is 0.473. The first-order chi connectivity index (χ1) is 12.0. The maximum Gasteiger partial charge on any atom is 0.314 e. The second-order valence-electron chi connectivity index (χ2n) is 6.82. The van der Waals surface area contributed by atoms with Crippen molar-refractivity contribution < 1.29 is 22.5 Å². The highest BCUT2D eigenvalue weighted by molar-refractivity contribution is 7.85. The molecule has 140 valence electrons. The van der Waals surface area contributed by atoms with E-state index < -0.39 is 10.1 Å². The Morgan fingerprint density at radius 2 is 1.28 bits per heavy atom. The van der Waals surface area contributed by atoms with Gasteiger partial charge >= 0.3 is 5.97 Å². The van der Waals surface area contributed by atoms with Crippen LogP contribution in [0.25, 0.3) is 0 Å². The molecule has 0 radical (unpaired) electrons. The lowest BCUT2D eigenvalue weighted by Crippen LogP contribution is -2.21. The fraction of sp³-hybridized carbons (Fsp3) is 0.632. The molecule has 25 heavy (non-hydrogen) atoms. The van der Waals surface area contributed by atoms with Gasteiger partial charge in [0.25, 0.3) is 10.1 Å². The highest BCUT2D eigenvalue weighted by Gasteiger charge is 2.20. The Morgan fingerprint density at radius 3 is 1.72 bits per heavy atom. The number of hydrogen-bond acceptors (Lipinski definition) is 4. The van der Waals surface area contributed by atoms with Crippen molar-refractivity contribution in [1.29, 1.82) is 0 Å². The zero-order chi connectivity index (χ0) is 18.1. The number of carbonyl (C=O) groups excluding carboxylic acids is 1. The van der Waals surface area contributed by atoms with E-state index in [4.69, 9.17) is 9.29 Å². The normalized spacial score (nSPS) is 18.8. The fourth-order valence-corrected chi connectivity index (χ4v) is 3.76. The van der Waals surface area contributed by atoms with E-state index >= 15 is 0 Å². The van der Waals surface area contributed by atoms with Crippen LogP contribution in [0.5, 0.6) is 5.75 Å². The van der Waals surface area contributed by atoms with Gasteiger partial charge in [-0.15, -0.1) is 0 Å². The molecule has 1 N–H and O–H groups in total. The predicted octanol–water partition coefficient (Wildman–Crippen LogP) is 4.76. The van der Waals surface area contributed by atoms with Crippen LogP contribution in [0.15, 0.2) is 29.2 Å². The topological polar surface area (TPSA) is 80.7 Å². The molecule has 1 aromatic carbocycles. The summed E-state index contributed by atoms with van der Waals surface area (Å²) in [6.45, 7) is 0. The second-order valence-corrected chi connectivity index (χ2v) is 8.25. The Morgan fingerprint density at radius 1 is 0.840 bits per heavy atom. The third-order valence-electron chi connectivity index (χ3n) is 4.78. The van der Waals surface area contributed by atoms with Crippen molar-refractivity contribution >= 4 is 16.1 Å². The van der Waals surface area contributed by atoms with Crippen molar-refractivity contribution in [3.8, 4) is 5.75 Å². The van der Waals surface area contributed by atoms with E-state index in [0.29, 0.717) is 5.75 Å². The van der Waals surface area contributed by atoms with E-state index in [2.05, 4.69) is 0 Å². The van der Waals surface area contributed by atoms with Crippen LogP contribution in [0.4, 0.5) is 0 Å². The summed E-state index contributed by atoms with van der Waals surface area (Å²) in [5, 5.41) is 0. The number of benzene rings is 1. The lowest BCUT2D eigenvalue weighted by Gasteiger charge is -2.17. The number of rotatable bonds is 3. The number of esters is 1. The van der Waals surface area contributed by atoms with Crippen LogP contribution < -0.4 is 4.74 Å². The maximum atomic E-state index is 12.5. The molecule has 1 saturated carbocycles. The van der Waals surface area contributed by atoms with E-state index in [1.54, 1.807) is 0 Å². The molecule has 5 nitrogen and oxygen atoms in total. The van der Waals surface area contributed by atoms with Crippen LogP contribution in [0.3, 0.4) is 0 Å². The summed E-state index contributed by atoms with van der Waals surface area (Å²) < 4.78 is 36.5. The van der Waals surface area contributed by atoms with Crippen molar-refractivity contribution in [2.24, 2.45) is 5.92 Å². The Balaban J connectivity index is 1.93. The lowest BCUT2D eigenvalue weighted by molar-refractivity contribution is -0.139. The minimum atomic E-state index is -4.23. The molecule has 0 aromatic heterocycles.